The van der Waals surface area contributed by atoms with E-state index in [9.17, 15) is 9.59 Å². The van der Waals surface area contributed by atoms with Crippen molar-refractivity contribution in [3.63, 3.8) is 0 Å². The zero-order valence-electron chi connectivity index (χ0n) is 12.7. The summed E-state index contributed by atoms with van der Waals surface area (Å²) < 4.78 is 12.8. The van der Waals surface area contributed by atoms with Crippen molar-refractivity contribution in [2.24, 2.45) is 11.7 Å². The number of H-pyrrole nitrogens is 1. The number of carbonyl (C=O) groups is 1. The van der Waals surface area contributed by atoms with Crippen molar-refractivity contribution in [2.75, 3.05) is 6.61 Å². The third-order valence-corrected chi connectivity index (χ3v) is 3.89. The van der Waals surface area contributed by atoms with E-state index >= 15 is 0 Å². The molecule has 3 atom stereocenters. The van der Waals surface area contributed by atoms with Crippen molar-refractivity contribution in [1.82, 2.24) is 9.55 Å². The highest BCUT2D eigenvalue weighted by Gasteiger charge is 2.29. The van der Waals surface area contributed by atoms with Gasteiger partial charge in [-0.25, -0.2) is 4.79 Å². The number of nitrogens with two attached hydrogens (primary N) is 1. The fourth-order valence-corrected chi connectivity index (χ4v) is 2.36. The van der Waals surface area contributed by atoms with Crippen LogP contribution in [0.3, 0.4) is 0 Å². The molecule has 1 aromatic heterocycles. The van der Waals surface area contributed by atoms with E-state index in [1.807, 2.05) is 13.8 Å². The lowest BCUT2D eigenvalue weighted by molar-refractivity contribution is -0.151. The molecule has 8 heteroatoms. The van der Waals surface area contributed by atoms with Crippen LogP contribution in [-0.4, -0.2) is 34.3 Å². The Balaban J connectivity index is 1.89. The number of nitrogens with zero attached hydrogens (tertiary/aromatic N) is 1. The van der Waals surface area contributed by atoms with Crippen molar-refractivity contribution in [2.45, 2.75) is 45.1 Å². The number of ether oxygens (including phenoxy) is 2. The van der Waals surface area contributed by atoms with Gasteiger partial charge in [0, 0.05) is 6.20 Å². The van der Waals surface area contributed by atoms with Gasteiger partial charge in [0.05, 0.1) is 6.10 Å². The summed E-state index contributed by atoms with van der Waals surface area (Å²) in [7, 11) is 0. The van der Waals surface area contributed by atoms with Gasteiger partial charge in [0.1, 0.15) is 23.5 Å². The van der Waals surface area contributed by atoms with Crippen molar-refractivity contribution in [3.8, 4) is 0 Å². The first-order valence-corrected chi connectivity index (χ1v) is 7.68. The zero-order valence-corrected chi connectivity index (χ0v) is 13.5. The molecule has 1 aromatic rings. The van der Waals surface area contributed by atoms with Gasteiger partial charge < -0.3 is 15.2 Å². The Labute approximate surface area is 133 Å². The first kappa shape index (κ1) is 16.9. The van der Waals surface area contributed by atoms with Crippen LogP contribution in [0.15, 0.2) is 17.1 Å². The van der Waals surface area contributed by atoms with Gasteiger partial charge in [-0.05, 0) is 24.8 Å². The first-order valence-electron chi connectivity index (χ1n) is 7.27. The molecule has 122 valence electrons. The Kier molecular flexibility index (Phi) is 5.49. The average Bonchev–Trinajstić information content (AvgIpc) is 2.92. The number of aromatic nitrogens is 2. The van der Waals surface area contributed by atoms with Gasteiger partial charge in [-0.3, -0.25) is 14.3 Å². The van der Waals surface area contributed by atoms with Gasteiger partial charge in [-0.1, -0.05) is 26.1 Å². The molecule has 0 spiro atoms. The summed E-state index contributed by atoms with van der Waals surface area (Å²) in [6, 6.07) is 1.00. The summed E-state index contributed by atoms with van der Waals surface area (Å²) >= 11 is 4.89. The van der Waals surface area contributed by atoms with E-state index in [4.69, 9.17) is 27.4 Å². The van der Waals surface area contributed by atoms with Crippen LogP contribution < -0.4 is 11.4 Å². The molecule has 0 radical (unpaired) electrons. The molecule has 7 nitrogen and oxygen atoms in total. The second kappa shape index (κ2) is 7.17. The first-order chi connectivity index (χ1) is 10.4. The second-order valence-electron chi connectivity index (χ2n) is 5.71. The predicted octanol–water partition coefficient (Wildman–Crippen LogP) is 1.11. The maximum Gasteiger partial charge on any atom is 0.328 e. The number of hydrogen-bond donors (Lipinski definition) is 2. The van der Waals surface area contributed by atoms with E-state index in [1.54, 1.807) is 12.3 Å². The monoisotopic (exact) mass is 327 g/mol. The smallest absolute Gasteiger partial charge is 0.328 e. The van der Waals surface area contributed by atoms with Crippen LogP contribution in [-0.2, 0) is 14.3 Å². The van der Waals surface area contributed by atoms with Gasteiger partial charge >= 0.3 is 11.7 Å². The highest BCUT2D eigenvalue weighted by atomic mass is 32.1. The number of hydrogen-bond acceptors (Lipinski definition) is 6. The van der Waals surface area contributed by atoms with E-state index in [0.717, 1.165) is 0 Å². The van der Waals surface area contributed by atoms with Gasteiger partial charge in [0.25, 0.3) is 0 Å². The normalized spacial score (nSPS) is 22.7. The highest BCUT2D eigenvalue weighted by Crippen LogP contribution is 2.27. The second-order valence-corrected chi connectivity index (χ2v) is 6.15. The van der Waals surface area contributed by atoms with E-state index < -0.39 is 12.0 Å². The quantitative estimate of drug-likeness (QED) is 0.621. The summed E-state index contributed by atoms with van der Waals surface area (Å²) in [5, 5.41) is 0. The van der Waals surface area contributed by atoms with Crippen molar-refractivity contribution in [1.29, 1.82) is 0 Å². The molecule has 3 unspecified atom stereocenters. The lowest BCUT2D eigenvalue weighted by atomic mass is 10.1. The van der Waals surface area contributed by atoms with Crippen LogP contribution in [0.2, 0.25) is 0 Å². The van der Waals surface area contributed by atoms with Crippen molar-refractivity contribution < 1.29 is 14.3 Å². The predicted molar refractivity (Wildman–Crippen MR) is 82.8 cm³/mol. The molecular weight excluding hydrogens is 306 g/mol. The third-order valence-electron chi connectivity index (χ3n) is 3.65. The van der Waals surface area contributed by atoms with Crippen molar-refractivity contribution in [3.05, 3.63) is 27.4 Å². The van der Waals surface area contributed by atoms with Crippen LogP contribution in [0.4, 0.5) is 0 Å². The van der Waals surface area contributed by atoms with Crippen LogP contribution in [0.1, 0.15) is 32.9 Å². The number of rotatable bonds is 5. The lowest BCUT2D eigenvalue weighted by Gasteiger charge is -2.18. The Hall–Kier alpha value is -1.51. The molecule has 3 N–H and O–H groups in total. The summed E-state index contributed by atoms with van der Waals surface area (Å²) in [5.41, 5.74) is 5.41. The number of nitrogens with one attached hydrogen (secondary N) is 1. The van der Waals surface area contributed by atoms with Crippen LogP contribution >= 0.6 is 12.2 Å². The lowest BCUT2D eigenvalue weighted by Crippen LogP contribution is -2.38. The maximum atomic E-state index is 11.8. The van der Waals surface area contributed by atoms with Crippen LogP contribution in [0.25, 0.3) is 0 Å². The Morgan fingerprint density at radius 3 is 2.95 bits per heavy atom. The fourth-order valence-electron chi connectivity index (χ4n) is 2.21. The molecule has 1 fully saturated rings. The average molecular weight is 327 g/mol. The standard InChI is InChI=1S/C14H21N3O4S/c1-8(2)12(15)13(18)20-7-9-3-4-11(21-9)17-6-5-10(22)16-14(17)19/h5-6,8-9,11-12H,3-4,7,15H2,1-2H3,(H,16,19,22). The molecule has 0 aliphatic carbocycles. The van der Waals surface area contributed by atoms with Gasteiger partial charge in [-0.15, -0.1) is 0 Å². The van der Waals surface area contributed by atoms with E-state index in [2.05, 4.69) is 4.98 Å². The van der Waals surface area contributed by atoms with E-state index in [0.29, 0.717) is 17.5 Å². The number of aromatic amines is 1. The molecule has 1 aliphatic rings. The summed E-state index contributed by atoms with van der Waals surface area (Å²) in [5.74, 6) is -0.404. The summed E-state index contributed by atoms with van der Waals surface area (Å²) in [6.45, 7) is 3.87. The van der Waals surface area contributed by atoms with E-state index in [1.165, 1.54) is 4.57 Å². The molecule has 1 saturated heterocycles. The van der Waals surface area contributed by atoms with Gasteiger partial charge in [-0.2, -0.15) is 0 Å². The minimum atomic E-state index is -0.631. The topological polar surface area (TPSA) is 99.3 Å². The highest BCUT2D eigenvalue weighted by molar-refractivity contribution is 7.71. The number of esters is 1. The van der Waals surface area contributed by atoms with Gasteiger partial charge in [0.15, 0.2) is 0 Å². The molecule has 2 rings (SSSR count). The zero-order chi connectivity index (χ0) is 16.3. The third kappa shape index (κ3) is 4.02. The molecule has 22 heavy (non-hydrogen) atoms. The van der Waals surface area contributed by atoms with Crippen molar-refractivity contribution >= 4 is 18.2 Å². The van der Waals surface area contributed by atoms with Crippen LogP contribution in [0.5, 0.6) is 0 Å². The molecule has 0 saturated carbocycles. The Morgan fingerprint density at radius 2 is 2.32 bits per heavy atom. The minimum absolute atomic E-state index is 0.0239. The molecule has 0 aromatic carbocycles. The fraction of sp³-hybridized carbons (Fsp3) is 0.643. The maximum absolute atomic E-state index is 11.8. The van der Waals surface area contributed by atoms with E-state index in [-0.39, 0.29) is 30.5 Å². The molecule has 1 aliphatic heterocycles. The summed E-state index contributed by atoms with van der Waals surface area (Å²) in [4.78, 5) is 26.1. The minimum Gasteiger partial charge on any atom is -0.462 e. The summed E-state index contributed by atoms with van der Waals surface area (Å²) in [6.07, 6.45) is 2.37. The number of carbonyl (C=O) groups excluding carboxylic acids is 1. The largest absolute Gasteiger partial charge is 0.462 e. The Bertz CT molecular complexity index is 639. The van der Waals surface area contributed by atoms with Gasteiger partial charge in [0.2, 0.25) is 0 Å². The van der Waals surface area contributed by atoms with Crippen LogP contribution in [0, 0.1) is 10.6 Å². The molecule has 0 amide bonds. The SMILES string of the molecule is CC(C)C(N)C(=O)OCC1CCC(n2ccc(=S)[nH]c2=O)O1. The Morgan fingerprint density at radius 1 is 1.59 bits per heavy atom. The molecular formula is C14H21N3O4S. The molecule has 2 heterocycles. The molecule has 0 bridgehead atoms.